The quantitative estimate of drug-likeness (QED) is 0.856. The van der Waals surface area contributed by atoms with Crippen LogP contribution in [-0.2, 0) is 13.1 Å². The van der Waals surface area contributed by atoms with Gasteiger partial charge in [0, 0.05) is 31.0 Å². The van der Waals surface area contributed by atoms with Crippen LogP contribution in [0.4, 0.5) is 0 Å². The molecule has 2 aromatic heterocycles. The average molecular weight is 363 g/mol. The number of nitrogens with zero attached hydrogens (tertiary/aromatic N) is 3. The predicted molar refractivity (Wildman–Crippen MR) is 102 cm³/mol. The lowest BCUT2D eigenvalue weighted by Gasteiger charge is -2.30. The molecule has 0 saturated carbocycles. The van der Waals surface area contributed by atoms with E-state index in [4.69, 9.17) is 0 Å². The number of aromatic hydroxyl groups is 1. The molecule has 1 atom stereocenters. The van der Waals surface area contributed by atoms with Crippen molar-refractivity contribution in [1.82, 2.24) is 20.2 Å². The van der Waals surface area contributed by atoms with Crippen molar-refractivity contribution in [2.75, 3.05) is 13.1 Å². The number of aromatic nitrogens is 2. The van der Waals surface area contributed by atoms with Gasteiger partial charge in [-0.05, 0) is 63.5 Å². The Morgan fingerprint density at radius 1 is 1.16 bits per heavy atom. The van der Waals surface area contributed by atoms with Crippen molar-refractivity contribution in [3.8, 4) is 5.75 Å². The standard InChI is InChI=1S/C19H26N4O.ClH/c1-15-7-8-19(24)18(22-15)14-23(13-16-5-2-3-11-21-16)17-6-4-10-20-12-9-17;/h2-3,5,7-8,11,17,20,24H,4,6,9-10,12-14H2,1H3;1H. The van der Waals surface area contributed by atoms with Crippen LogP contribution in [0.15, 0.2) is 36.5 Å². The molecule has 6 heteroatoms. The van der Waals surface area contributed by atoms with E-state index in [0.29, 0.717) is 12.6 Å². The highest BCUT2D eigenvalue weighted by Crippen LogP contribution is 2.22. The fourth-order valence-electron chi connectivity index (χ4n) is 3.29. The molecule has 25 heavy (non-hydrogen) atoms. The zero-order chi connectivity index (χ0) is 16.8. The molecule has 1 aliphatic heterocycles. The minimum atomic E-state index is 0. The van der Waals surface area contributed by atoms with Crippen molar-refractivity contribution in [2.45, 2.75) is 45.3 Å². The van der Waals surface area contributed by atoms with Gasteiger partial charge in [-0.25, -0.2) is 0 Å². The summed E-state index contributed by atoms with van der Waals surface area (Å²) in [5.74, 6) is 0.276. The maximum absolute atomic E-state index is 10.2. The average Bonchev–Trinajstić information content (AvgIpc) is 2.88. The number of pyridine rings is 2. The smallest absolute Gasteiger partial charge is 0.138 e. The minimum Gasteiger partial charge on any atom is -0.506 e. The zero-order valence-corrected chi connectivity index (χ0v) is 15.5. The van der Waals surface area contributed by atoms with Crippen LogP contribution in [0.2, 0.25) is 0 Å². The zero-order valence-electron chi connectivity index (χ0n) is 14.7. The van der Waals surface area contributed by atoms with E-state index in [1.165, 1.54) is 6.42 Å². The molecule has 2 N–H and O–H groups in total. The second-order valence-corrected chi connectivity index (χ2v) is 6.48. The highest BCUT2D eigenvalue weighted by Gasteiger charge is 2.22. The predicted octanol–water partition coefficient (Wildman–Crippen LogP) is 3.06. The number of hydrogen-bond acceptors (Lipinski definition) is 5. The fraction of sp³-hybridized carbons (Fsp3) is 0.474. The monoisotopic (exact) mass is 362 g/mol. The number of hydrogen-bond donors (Lipinski definition) is 2. The summed E-state index contributed by atoms with van der Waals surface area (Å²) < 4.78 is 0. The molecule has 0 aliphatic carbocycles. The Balaban J connectivity index is 0.00000225. The lowest BCUT2D eigenvalue weighted by molar-refractivity contribution is 0.158. The normalized spacial score (nSPS) is 17.8. The molecule has 0 aromatic carbocycles. The van der Waals surface area contributed by atoms with E-state index < -0.39 is 0 Å². The molecular formula is C19H27ClN4O. The van der Waals surface area contributed by atoms with Crippen molar-refractivity contribution in [3.63, 3.8) is 0 Å². The van der Waals surface area contributed by atoms with Crippen LogP contribution in [0.3, 0.4) is 0 Å². The first-order valence-electron chi connectivity index (χ1n) is 8.72. The Hall–Kier alpha value is -1.69. The van der Waals surface area contributed by atoms with Gasteiger partial charge in [0.15, 0.2) is 0 Å². The number of nitrogens with one attached hydrogen (secondary N) is 1. The summed E-state index contributed by atoms with van der Waals surface area (Å²) >= 11 is 0. The third kappa shape index (κ3) is 5.66. The molecule has 1 aliphatic rings. The molecule has 5 nitrogen and oxygen atoms in total. The maximum atomic E-state index is 10.2. The van der Waals surface area contributed by atoms with E-state index in [1.807, 2.05) is 31.3 Å². The Labute approximate surface area is 155 Å². The van der Waals surface area contributed by atoms with Gasteiger partial charge in [-0.1, -0.05) is 6.07 Å². The molecule has 3 heterocycles. The van der Waals surface area contributed by atoms with Gasteiger partial charge in [0.05, 0.1) is 11.4 Å². The topological polar surface area (TPSA) is 61.3 Å². The van der Waals surface area contributed by atoms with Gasteiger partial charge in [0.25, 0.3) is 0 Å². The summed E-state index contributed by atoms with van der Waals surface area (Å²) in [6.45, 7) is 5.51. The van der Waals surface area contributed by atoms with E-state index in [1.54, 1.807) is 6.07 Å². The van der Waals surface area contributed by atoms with Gasteiger partial charge in [-0.15, -0.1) is 12.4 Å². The van der Waals surface area contributed by atoms with Gasteiger partial charge >= 0.3 is 0 Å². The highest BCUT2D eigenvalue weighted by atomic mass is 35.5. The van der Waals surface area contributed by atoms with Crippen molar-refractivity contribution in [3.05, 3.63) is 53.6 Å². The number of rotatable bonds is 5. The summed E-state index contributed by atoms with van der Waals surface area (Å²) in [4.78, 5) is 11.4. The highest BCUT2D eigenvalue weighted by molar-refractivity contribution is 5.85. The van der Waals surface area contributed by atoms with Crippen molar-refractivity contribution < 1.29 is 5.11 Å². The van der Waals surface area contributed by atoms with Gasteiger partial charge in [0.2, 0.25) is 0 Å². The van der Waals surface area contributed by atoms with Crippen LogP contribution in [0, 0.1) is 6.92 Å². The lowest BCUT2D eigenvalue weighted by atomic mass is 10.1. The number of halogens is 1. The van der Waals surface area contributed by atoms with Crippen LogP contribution >= 0.6 is 12.4 Å². The second-order valence-electron chi connectivity index (χ2n) is 6.48. The van der Waals surface area contributed by atoms with Crippen LogP contribution in [0.1, 0.15) is 36.3 Å². The SMILES string of the molecule is Cc1ccc(O)c(CN(Cc2ccccn2)C2CCCNCC2)n1.Cl. The molecule has 136 valence electrons. The van der Waals surface area contributed by atoms with Crippen LogP contribution in [0.5, 0.6) is 5.75 Å². The van der Waals surface area contributed by atoms with Gasteiger partial charge in [0.1, 0.15) is 5.75 Å². The van der Waals surface area contributed by atoms with E-state index in [0.717, 1.165) is 49.6 Å². The van der Waals surface area contributed by atoms with Gasteiger partial charge in [-0.2, -0.15) is 0 Å². The maximum Gasteiger partial charge on any atom is 0.138 e. The Morgan fingerprint density at radius 3 is 2.84 bits per heavy atom. The first-order valence-corrected chi connectivity index (χ1v) is 8.72. The summed E-state index contributed by atoms with van der Waals surface area (Å²) in [5.41, 5.74) is 2.74. The molecule has 0 spiro atoms. The Morgan fingerprint density at radius 2 is 2.04 bits per heavy atom. The van der Waals surface area contributed by atoms with Gasteiger partial charge in [-0.3, -0.25) is 14.9 Å². The lowest BCUT2D eigenvalue weighted by Crippen LogP contribution is -2.35. The largest absolute Gasteiger partial charge is 0.506 e. The van der Waals surface area contributed by atoms with E-state index in [2.05, 4.69) is 26.3 Å². The van der Waals surface area contributed by atoms with E-state index in [-0.39, 0.29) is 18.2 Å². The molecule has 1 fully saturated rings. The molecular weight excluding hydrogens is 336 g/mol. The third-order valence-electron chi connectivity index (χ3n) is 4.60. The van der Waals surface area contributed by atoms with Crippen LogP contribution in [0.25, 0.3) is 0 Å². The number of aryl methyl sites for hydroxylation is 1. The van der Waals surface area contributed by atoms with E-state index >= 15 is 0 Å². The molecule has 0 bridgehead atoms. The summed E-state index contributed by atoms with van der Waals surface area (Å²) in [6.07, 6.45) is 5.28. The first kappa shape index (κ1) is 19.6. The summed E-state index contributed by atoms with van der Waals surface area (Å²) in [7, 11) is 0. The Kier molecular flexibility index (Phi) is 7.62. The molecule has 0 radical (unpaired) electrons. The fourth-order valence-corrected chi connectivity index (χ4v) is 3.29. The molecule has 2 aromatic rings. The molecule has 1 unspecified atom stereocenters. The summed E-state index contributed by atoms with van der Waals surface area (Å²) in [5, 5.41) is 13.7. The first-order chi connectivity index (χ1) is 11.7. The van der Waals surface area contributed by atoms with Crippen molar-refractivity contribution in [1.29, 1.82) is 0 Å². The Bertz CT molecular complexity index is 645. The van der Waals surface area contributed by atoms with Crippen LogP contribution < -0.4 is 5.32 Å². The third-order valence-corrected chi connectivity index (χ3v) is 4.60. The van der Waals surface area contributed by atoms with Crippen molar-refractivity contribution >= 4 is 12.4 Å². The molecule has 0 amide bonds. The minimum absolute atomic E-state index is 0. The second kappa shape index (κ2) is 9.70. The van der Waals surface area contributed by atoms with E-state index in [9.17, 15) is 5.11 Å². The van der Waals surface area contributed by atoms with Crippen LogP contribution in [-0.4, -0.2) is 39.1 Å². The summed E-state index contributed by atoms with van der Waals surface area (Å²) in [6, 6.07) is 10.1. The van der Waals surface area contributed by atoms with Crippen molar-refractivity contribution in [2.24, 2.45) is 0 Å². The van der Waals surface area contributed by atoms with Gasteiger partial charge < -0.3 is 10.4 Å². The molecule has 1 saturated heterocycles. The molecule has 3 rings (SSSR count).